The lowest BCUT2D eigenvalue weighted by Crippen LogP contribution is -2.39. The number of piperidine rings is 1. The molecule has 1 amide bonds. The molecular weight excluding hydrogens is 551 g/mol. The number of nitrogens with zero attached hydrogens (tertiary/aromatic N) is 2. The molecule has 2 aliphatic rings. The molecule has 41 heavy (non-hydrogen) atoms. The van der Waals surface area contributed by atoms with Crippen molar-refractivity contribution in [2.45, 2.75) is 44.8 Å². The third kappa shape index (κ3) is 5.92. The topological polar surface area (TPSA) is 79.2 Å². The van der Waals surface area contributed by atoms with Crippen molar-refractivity contribution in [1.29, 1.82) is 0 Å². The van der Waals surface area contributed by atoms with Gasteiger partial charge in [-0.1, -0.05) is 23.7 Å². The van der Waals surface area contributed by atoms with Crippen molar-refractivity contribution in [3.63, 3.8) is 0 Å². The molecule has 0 N–H and O–H groups in total. The minimum absolute atomic E-state index is 0.0542. The molecule has 2 aliphatic heterocycles. The minimum atomic E-state index is -0.809. The van der Waals surface area contributed by atoms with Crippen LogP contribution in [0.1, 0.15) is 61.6 Å². The minimum Gasteiger partial charge on any atom is -0.493 e. The Morgan fingerprint density at radius 1 is 1.05 bits per heavy atom. The molecule has 1 aromatic heterocycles. The highest BCUT2D eigenvalue weighted by atomic mass is 35.5. The average Bonchev–Trinajstić information content (AvgIpc) is 3.39. The molecule has 2 aromatic carbocycles. The molecule has 8 nitrogen and oxygen atoms in total. The third-order valence-electron chi connectivity index (χ3n) is 7.80. The van der Waals surface area contributed by atoms with E-state index in [0.29, 0.717) is 60.1 Å². The van der Waals surface area contributed by atoms with Gasteiger partial charge in [0.25, 0.3) is 0 Å². The molecule has 218 valence electrons. The summed E-state index contributed by atoms with van der Waals surface area (Å²) in [7, 11) is 3.08. The van der Waals surface area contributed by atoms with Gasteiger partial charge in [-0.3, -0.25) is 9.59 Å². The highest BCUT2D eigenvalue weighted by Crippen LogP contribution is 2.47. The zero-order chi connectivity index (χ0) is 29.1. The van der Waals surface area contributed by atoms with Crippen molar-refractivity contribution in [1.82, 2.24) is 9.47 Å². The highest BCUT2D eigenvalue weighted by Gasteiger charge is 2.36. The summed E-state index contributed by atoms with van der Waals surface area (Å²) < 4.78 is 40.4. The third-order valence-corrected chi connectivity index (χ3v) is 8.01. The fraction of sp³-hybridized carbons (Fsp3) is 0.419. The van der Waals surface area contributed by atoms with Crippen LogP contribution in [-0.4, -0.2) is 55.3 Å². The Labute approximate surface area is 243 Å². The van der Waals surface area contributed by atoms with Gasteiger partial charge in [-0.25, -0.2) is 4.39 Å². The van der Waals surface area contributed by atoms with Crippen LogP contribution in [0, 0.1) is 11.7 Å². The Morgan fingerprint density at radius 2 is 1.83 bits per heavy atom. The van der Waals surface area contributed by atoms with E-state index in [1.807, 2.05) is 23.1 Å². The maximum absolute atomic E-state index is 15.6. The molecule has 3 heterocycles. The van der Waals surface area contributed by atoms with E-state index in [1.165, 1.54) is 13.2 Å². The fourth-order valence-corrected chi connectivity index (χ4v) is 6.06. The Morgan fingerprint density at radius 3 is 2.54 bits per heavy atom. The molecule has 0 bridgehead atoms. The maximum atomic E-state index is 15.6. The van der Waals surface area contributed by atoms with E-state index in [1.54, 1.807) is 43.0 Å². The first-order valence-electron chi connectivity index (χ1n) is 13.8. The monoisotopic (exact) mass is 584 g/mol. The Hall–Kier alpha value is -3.56. The summed E-state index contributed by atoms with van der Waals surface area (Å²) in [5.41, 5.74) is 2.09. The van der Waals surface area contributed by atoms with E-state index in [0.717, 1.165) is 12.8 Å². The molecule has 0 spiro atoms. The number of likely N-dealkylation sites (tertiary alicyclic amines) is 1. The first kappa shape index (κ1) is 29.0. The van der Waals surface area contributed by atoms with Crippen molar-refractivity contribution in [3.8, 4) is 17.2 Å². The summed E-state index contributed by atoms with van der Waals surface area (Å²) >= 11 is 6.35. The van der Waals surface area contributed by atoms with Gasteiger partial charge in [0.15, 0.2) is 11.5 Å². The second-order valence-corrected chi connectivity index (χ2v) is 10.7. The molecule has 1 saturated heterocycles. The van der Waals surface area contributed by atoms with E-state index < -0.39 is 18.0 Å². The van der Waals surface area contributed by atoms with Gasteiger partial charge in [-0.05, 0) is 56.0 Å². The van der Waals surface area contributed by atoms with Gasteiger partial charge in [0.2, 0.25) is 5.91 Å². The number of para-hydroxylation sites is 1. The number of halogens is 2. The number of carbonyl (C=O) groups is 2. The van der Waals surface area contributed by atoms with Crippen LogP contribution < -0.4 is 9.47 Å². The molecule has 2 atom stereocenters. The SMILES string of the molecule is CCOC(=O)CC1CCN(C(=O)C[C@H]2O[C@H](c3cccc(OC)c3OC)c3cc(Cl)cc(F)c3-n3cccc32)CC1. The summed E-state index contributed by atoms with van der Waals surface area (Å²) in [6, 6.07) is 12.0. The van der Waals surface area contributed by atoms with Crippen LogP contribution in [0.2, 0.25) is 5.02 Å². The molecule has 5 rings (SSSR count). The Balaban J connectivity index is 1.46. The van der Waals surface area contributed by atoms with Crippen molar-refractivity contribution < 1.29 is 32.9 Å². The number of fused-ring (bicyclic) bond motifs is 3. The van der Waals surface area contributed by atoms with Crippen molar-refractivity contribution in [3.05, 3.63) is 76.3 Å². The Kier molecular flexibility index (Phi) is 8.85. The first-order chi connectivity index (χ1) is 19.8. The number of hydrogen-bond donors (Lipinski definition) is 0. The van der Waals surface area contributed by atoms with E-state index in [2.05, 4.69) is 0 Å². The predicted octanol–water partition coefficient (Wildman–Crippen LogP) is 6.03. The number of hydrogen-bond acceptors (Lipinski definition) is 6. The molecule has 0 aliphatic carbocycles. The lowest BCUT2D eigenvalue weighted by Gasteiger charge is -2.33. The van der Waals surface area contributed by atoms with Crippen LogP contribution in [0.5, 0.6) is 11.5 Å². The number of rotatable bonds is 8. The largest absolute Gasteiger partial charge is 0.493 e. The second-order valence-electron chi connectivity index (χ2n) is 10.3. The van der Waals surface area contributed by atoms with Crippen LogP contribution in [-0.2, 0) is 19.1 Å². The molecule has 0 saturated carbocycles. The number of ether oxygens (including phenoxy) is 4. The van der Waals surface area contributed by atoms with Gasteiger partial charge >= 0.3 is 5.97 Å². The fourth-order valence-electron chi connectivity index (χ4n) is 5.85. The van der Waals surface area contributed by atoms with E-state index in [9.17, 15) is 9.59 Å². The number of methoxy groups -OCH3 is 2. The summed E-state index contributed by atoms with van der Waals surface area (Å²) in [5, 5.41) is 0.227. The van der Waals surface area contributed by atoms with Crippen molar-refractivity contribution in [2.24, 2.45) is 5.92 Å². The quantitative estimate of drug-likeness (QED) is 0.301. The standard InChI is InChI=1S/C31H34ClFN2O6/c1-4-40-28(37)15-19-10-13-34(14-11-19)27(36)18-26-24-8-6-12-35(24)29-22(16-20(32)17-23(29)33)30(41-26)21-7-5-9-25(38-2)31(21)39-3/h5-9,12,16-17,19,26,30H,4,10-11,13-15,18H2,1-3H3/t26-,30-/m1/s1. The zero-order valence-electron chi connectivity index (χ0n) is 23.4. The van der Waals surface area contributed by atoms with Gasteiger partial charge in [-0.2, -0.15) is 0 Å². The van der Waals surface area contributed by atoms with Gasteiger partial charge in [0.05, 0.1) is 38.6 Å². The smallest absolute Gasteiger partial charge is 0.306 e. The summed E-state index contributed by atoms with van der Waals surface area (Å²) in [6.45, 7) is 3.26. The Bertz CT molecular complexity index is 1420. The molecule has 10 heteroatoms. The second kappa shape index (κ2) is 12.5. The predicted molar refractivity (Wildman–Crippen MR) is 151 cm³/mol. The van der Waals surface area contributed by atoms with E-state index >= 15 is 4.39 Å². The van der Waals surface area contributed by atoms with Crippen LogP contribution >= 0.6 is 11.6 Å². The van der Waals surface area contributed by atoms with Gasteiger partial charge in [0.1, 0.15) is 18.0 Å². The molecule has 0 unspecified atom stereocenters. The number of esters is 1. The number of aromatic nitrogens is 1. The number of amides is 1. The number of benzene rings is 2. The van der Waals surface area contributed by atoms with Gasteiger partial charge in [-0.15, -0.1) is 0 Å². The normalized spacial score (nSPS) is 18.7. The summed E-state index contributed by atoms with van der Waals surface area (Å²) in [5.74, 6) is 0.369. The number of carbonyl (C=O) groups excluding carboxylic acids is 2. The molecule has 3 aromatic rings. The van der Waals surface area contributed by atoms with Gasteiger partial charge in [0, 0.05) is 41.9 Å². The van der Waals surface area contributed by atoms with Crippen LogP contribution in [0.15, 0.2) is 48.7 Å². The highest BCUT2D eigenvalue weighted by molar-refractivity contribution is 6.30. The first-order valence-corrected chi connectivity index (χ1v) is 14.2. The molecular formula is C31H34ClFN2O6. The van der Waals surface area contributed by atoms with Gasteiger partial charge < -0.3 is 28.4 Å². The summed E-state index contributed by atoms with van der Waals surface area (Å²) in [4.78, 5) is 27.3. The van der Waals surface area contributed by atoms with Crippen LogP contribution in [0.25, 0.3) is 5.69 Å². The molecule has 0 radical (unpaired) electrons. The lowest BCUT2D eigenvalue weighted by atomic mass is 9.93. The summed E-state index contributed by atoms with van der Waals surface area (Å²) in [6.07, 6.45) is 2.14. The molecule has 1 fully saturated rings. The zero-order valence-corrected chi connectivity index (χ0v) is 24.2. The average molecular weight is 585 g/mol. The lowest BCUT2D eigenvalue weighted by molar-refractivity contribution is -0.144. The van der Waals surface area contributed by atoms with Crippen LogP contribution in [0.3, 0.4) is 0 Å². The van der Waals surface area contributed by atoms with Crippen molar-refractivity contribution in [2.75, 3.05) is 33.9 Å². The van der Waals surface area contributed by atoms with Crippen molar-refractivity contribution >= 4 is 23.5 Å². The van der Waals surface area contributed by atoms with Crippen LogP contribution in [0.4, 0.5) is 4.39 Å². The van der Waals surface area contributed by atoms with E-state index in [4.69, 9.17) is 30.5 Å². The maximum Gasteiger partial charge on any atom is 0.306 e. The van der Waals surface area contributed by atoms with E-state index in [-0.39, 0.29) is 29.2 Å².